The molecular weight excluding hydrogens is 334 g/mol. The molecule has 0 amide bonds. The molecule has 3 aromatic heterocycles. The average molecular weight is 342 g/mol. The lowest BCUT2D eigenvalue weighted by molar-refractivity contribution is 0.432. The van der Waals surface area contributed by atoms with Crippen molar-refractivity contribution in [2.45, 2.75) is 0 Å². The maximum Gasteiger partial charge on any atom is 0.258 e. The summed E-state index contributed by atoms with van der Waals surface area (Å²) >= 11 is 3.40. The molecule has 1 aromatic carbocycles. The maximum atomic E-state index is 5.32. The predicted molar refractivity (Wildman–Crippen MR) is 79.4 cm³/mol. The van der Waals surface area contributed by atoms with Crippen molar-refractivity contribution in [1.29, 1.82) is 0 Å². The van der Waals surface area contributed by atoms with Crippen molar-refractivity contribution in [1.82, 2.24) is 24.7 Å². The van der Waals surface area contributed by atoms with Gasteiger partial charge < -0.3 is 4.52 Å². The molecule has 4 rings (SSSR count). The Morgan fingerprint density at radius 2 is 1.81 bits per heavy atom. The second kappa shape index (κ2) is 4.78. The summed E-state index contributed by atoms with van der Waals surface area (Å²) in [7, 11) is 0. The highest BCUT2D eigenvalue weighted by atomic mass is 79.9. The van der Waals surface area contributed by atoms with Crippen molar-refractivity contribution in [2.75, 3.05) is 0 Å². The summed E-state index contributed by atoms with van der Waals surface area (Å²) in [6.07, 6.45) is 3.50. The molecule has 0 aliphatic carbocycles. The van der Waals surface area contributed by atoms with Crippen LogP contribution in [-0.2, 0) is 0 Å². The first kappa shape index (κ1) is 12.2. The van der Waals surface area contributed by atoms with Crippen LogP contribution in [-0.4, -0.2) is 24.7 Å². The Balaban J connectivity index is 1.74. The van der Waals surface area contributed by atoms with E-state index < -0.39 is 0 Å². The van der Waals surface area contributed by atoms with Crippen LogP contribution in [0.3, 0.4) is 0 Å². The van der Waals surface area contributed by atoms with Gasteiger partial charge in [0.2, 0.25) is 5.82 Å². The molecule has 0 bridgehead atoms. The first-order chi connectivity index (χ1) is 10.3. The lowest BCUT2D eigenvalue weighted by Crippen LogP contribution is -1.87. The second-order valence-corrected chi connectivity index (χ2v) is 5.36. The summed E-state index contributed by atoms with van der Waals surface area (Å²) in [5.41, 5.74) is 2.49. The van der Waals surface area contributed by atoms with E-state index in [0.29, 0.717) is 11.7 Å². The minimum atomic E-state index is 0.487. The van der Waals surface area contributed by atoms with Gasteiger partial charge in [-0.3, -0.25) is 4.40 Å². The summed E-state index contributed by atoms with van der Waals surface area (Å²) < 4.78 is 8.14. The number of pyridine rings is 1. The highest BCUT2D eigenvalue weighted by Crippen LogP contribution is 2.23. The number of fused-ring (bicyclic) bond motifs is 1. The Morgan fingerprint density at radius 3 is 2.67 bits per heavy atom. The molecule has 0 atom stereocenters. The molecule has 0 unspecified atom stereocenters. The van der Waals surface area contributed by atoms with Gasteiger partial charge in [-0.1, -0.05) is 21.1 Å². The van der Waals surface area contributed by atoms with Gasteiger partial charge in [0.25, 0.3) is 5.89 Å². The summed E-state index contributed by atoms with van der Waals surface area (Å²) in [4.78, 5) is 4.42. The van der Waals surface area contributed by atoms with E-state index in [1.54, 1.807) is 6.33 Å². The first-order valence-electron chi connectivity index (χ1n) is 6.19. The molecule has 3 heterocycles. The topological polar surface area (TPSA) is 69.1 Å². The number of halogens is 1. The van der Waals surface area contributed by atoms with Crippen LogP contribution in [0.4, 0.5) is 0 Å². The van der Waals surface area contributed by atoms with Crippen LogP contribution >= 0.6 is 15.9 Å². The van der Waals surface area contributed by atoms with Gasteiger partial charge in [0, 0.05) is 21.8 Å². The second-order valence-electron chi connectivity index (χ2n) is 4.44. The maximum absolute atomic E-state index is 5.32. The van der Waals surface area contributed by atoms with Crippen LogP contribution in [0.15, 0.2) is 57.9 Å². The number of rotatable bonds is 2. The molecule has 21 heavy (non-hydrogen) atoms. The Kier molecular flexibility index (Phi) is 2.78. The highest BCUT2D eigenvalue weighted by molar-refractivity contribution is 9.10. The number of nitrogens with zero attached hydrogens (tertiary/aromatic N) is 5. The van der Waals surface area contributed by atoms with E-state index in [1.807, 2.05) is 47.0 Å². The Bertz CT molecular complexity index is 912. The van der Waals surface area contributed by atoms with E-state index >= 15 is 0 Å². The standard InChI is InChI=1S/C14H8BrN5O/c15-11-4-1-9(2-5-11)14-17-13(19-21-14)10-3-6-12-18-16-8-20(12)7-10/h1-8H. The SMILES string of the molecule is Brc1ccc(-c2nc(-c3ccc4nncn4c3)no2)cc1. The van der Waals surface area contributed by atoms with Gasteiger partial charge in [-0.2, -0.15) is 4.98 Å². The van der Waals surface area contributed by atoms with Gasteiger partial charge in [0.05, 0.1) is 0 Å². The monoisotopic (exact) mass is 341 g/mol. The number of hydrogen-bond donors (Lipinski definition) is 0. The van der Waals surface area contributed by atoms with Crippen LogP contribution in [0.1, 0.15) is 0 Å². The third-order valence-corrected chi connectivity index (χ3v) is 3.59. The van der Waals surface area contributed by atoms with Gasteiger partial charge >= 0.3 is 0 Å². The number of aromatic nitrogens is 5. The number of benzene rings is 1. The average Bonchev–Trinajstić information content (AvgIpc) is 3.16. The minimum absolute atomic E-state index is 0.487. The van der Waals surface area contributed by atoms with Gasteiger partial charge in [-0.25, -0.2) is 0 Å². The van der Waals surface area contributed by atoms with Crippen LogP contribution < -0.4 is 0 Å². The Hall–Kier alpha value is -2.54. The fourth-order valence-corrected chi connectivity index (χ4v) is 2.27. The van der Waals surface area contributed by atoms with Gasteiger partial charge in [0.1, 0.15) is 6.33 Å². The smallest absolute Gasteiger partial charge is 0.258 e. The molecule has 0 saturated carbocycles. The summed E-state index contributed by atoms with van der Waals surface area (Å²) in [5, 5.41) is 11.8. The number of hydrogen-bond acceptors (Lipinski definition) is 5. The van der Waals surface area contributed by atoms with Crippen molar-refractivity contribution < 1.29 is 4.52 Å². The fraction of sp³-hybridized carbons (Fsp3) is 0. The molecule has 0 aliphatic rings. The quantitative estimate of drug-likeness (QED) is 0.559. The fourth-order valence-electron chi connectivity index (χ4n) is 2.01. The van der Waals surface area contributed by atoms with E-state index in [-0.39, 0.29) is 0 Å². The third-order valence-electron chi connectivity index (χ3n) is 3.07. The zero-order valence-electron chi connectivity index (χ0n) is 10.6. The molecule has 0 N–H and O–H groups in total. The van der Waals surface area contributed by atoms with E-state index in [4.69, 9.17) is 4.52 Å². The molecule has 0 aliphatic heterocycles. The molecule has 0 saturated heterocycles. The molecule has 7 heteroatoms. The third kappa shape index (κ3) is 2.21. The first-order valence-corrected chi connectivity index (χ1v) is 6.98. The van der Waals surface area contributed by atoms with Crippen molar-refractivity contribution >= 4 is 21.6 Å². The summed E-state index contributed by atoms with van der Waals surface area (Å²) in [6.45, 7) is 0. The van der Waals surface area contributed by atoms with E-state index in [2.05, 4.69) is 36.3 Å². The van der Waals surface area contributed by atoms with E-state index in [0.717, 1.165) is 21.2 Å². The van der Waals surface area contributed by atoms with Crippen molar-refractivity contribution in [3.05, 3.63) is 53.4 Å². The minimum Gasteiger partial charge on any atom is -0.334 e. The lowest BCUT2D eigenvalue weighted by atomic mass is 10.2. The van der Waals surface area contributed by atoms with Gasteiger partial charge in [-0.05, 0) is 36.4 Å². The summed E-state index contributed by atoms with van der Waals surface area (Å²) in [6, 6.07) is 11.5. The molecular formula is C14H8BrN5O. The van der Waals surface area contributed by atoms with Gasteiger partial charge in [-0.15, -0.1) is 10.2 Å². The van der Waals surface area contributed by atoms with Crippen LogP contribution in [0.2, 0.25) is 0 Å². The molecule has 0 fully saturated rings. The van der Waals surface area contributed by atoms with E-state index in [1.165, 1.54) is 0 Å². The molecule has 0 spiro atoms. The van der Waals surface area contributed by atoms with Crippen LogP contribution in [0.5, 0.6) is 0 Å². The zero-order valence-corrected chi connectivity index (χ0v) is 12.2. The highest BCUT2D eigenvalue weighted by Gasteiger charge is 2.11. The Morgan fingerprint density at radius 1 is 1.00 bits per heavy atom. The van der Waals surface area contributed by atoms with Gasteiger partial charge in [0.15, 0.2) is 5.65 Å². The molecule has 4 aromatic rings. The molecule has 102 valence electrons. The normalized spacial score (nSPS) is 11.1. The largest absolute Gasteiger partial charge is 0.334 e. The zero-order chi connectivity index (χ0) is 14.2. The van der Waals surface area contributed by atoms with Crippen LogP contribution in [0, 0.1) is 0 Å². The van der Waals surface area contributed by atoms with Crippen molar-refractivity contribution in [3.63, 3.8) is 0 Å². The summed E-state index contributed by atoms with van der Waals surface area (Å²) in [5.74, 6) is 1.02. The Labute approximate surface area is 127 Å². The molecule has 0 radical (unpaired) electrons. The van der Waals surface area contributed by atoms with Crippen molar-refractivity contribution in [3.8, 4) is 22.8 Å². The predicted octanol–water partition coefficient (Wildman–Crippen LogP) is 3.21. The van der Waals surface area contributed by atoms with Crippen LogP contribution in [0.25, 0.3) is 28.5 Å². The van der Waals surface area contributed by atoms with E-state index in [9.17, 15) is 0 Å². The molecule has 6 nitrogen and oxygen atoms in total. The van der Waals surface area contributed by atoms with Crippen molar-refractivity contribution in [2.24, 2.45) is 0 Å². The lowest BCUT2D eigenvalue weighted by Gasteiger charge is -1.95.